The zero-order valence-electron chi connectivity index (χ0n) is 9.02. The zero-order chi connectivity index (χ0) is 13.1. The highest BCUT2D eigenvalue weighted by atomic mass is 127. The predicted molar refractivity (Wildman–Crippen MR) is 73.6 cm³/mol. The summed E-state index contributed by atoms with van der Waals surface area (Å²) in [6, 6.07) is 7.10. The van der Waals surface area contributed by atoms with Gasteiger partial charge in [-0.1, -0.05) is 0 Å². The van der Waals surface area contributed by atoms with Crippen LogP contribution in [0.2, 0.25) is 0 Å². The first kappa shape index (κ1) is 12.7. The second-order valence-corrected chi connectivity index (χ2v) is 4.65. The van der Waals surface area contributed by atoms with Crippen LogP contribution >= 0.6 is 22.6 Å². The molecule has 0 fully saturated rings. The lowest BCUT2D eigenvalue weighted by Crippen LogP contribution is -2.00. The number of rotatable bonds is 3. The van der Waals surface area contributed by atoms with E-state index in [2.05, 4.69) is 10.3 Å². The van der Waals surface area contributed by atoms with Gasteiger partial charge >= 0.3 is 5.97 Å². The van der Waals surface area contributed by atoms with Gasteiger partial charge in [0.1, 0.15) is 11.6 Å². The van der Waals surface area contributed by atoms with Gasteiger partial charge in [-0.25, -0.2) is 14.2 Å². The molecule has 0 saturated heterocycles. The van der Waals surface area contributed by atoms with Crippen LogP contribution in [0.15, 0.2) is 36.5 Å². The summed E-state index contributed by atoms with van der Waals surface area (Å²) in [5, 5.41) is 11.8. The zero-order valence-corrected chi connectivity index (χ0v) is 11.2. The molecule has 1 aromatic carbocycles. The van der Waals surface area contributed by atoms with Crippen LogP contribution in [0.4, 0.5) is 15.9 Å². The van der Waals surface area contributed by atoms with Crippen LogP contribution in [0.25, 0.3) is 0 Å². The van der Waals surface area contributed by atoms with Crippen molar-refractivity contribution < 1.29 is 14.3 Å². The molecule has 0 radical (unpaired) electrons. The molecular formula is C12H8FIN2O2. The Morgan fingerprint density at radius 2 is 2.11 bits per heavy atom. The molecule has 2 N–H and O–H groups in total. The van der Waals surface area contributed by atoms with Gasteiger partial charge in [0, 0.05) is 9.77 Å². The number of nitrogens with zero attached hydrogens (tertiary/aromatic N) is 1. The molecule has 92 valence electrons. The Kier molecular flexibility index (Phi) is 3.75. The summed E-state index contributed by atoms with van der Waals surface area (Å²) >= 11 is 1.99. The molecule has 6 heteroatoms. The third-order valence-corrected chi connectivity index (χ3v) is 3.09. The van der Waals surface area contributed by atoms with Gasteiger partial charge in [0.15, 0.2) is 0 Å². The third kappa shape index (κ3) is 2.95. The quantitative estimate of drug-likeness (QED) is 0.827. The number of hydrogen-bond donors (Lipinski definition) is 2. The Balaban J connectivity index is 2.28. The lowest BCUT2D eigenvalue weighted by molar-refractivity contribution is 0.0697. The van der Waals surface area contributed by atoms with Crippen LogP contribution in [0.3, 0.4) is 0 Å². The molecule has 0 aliphatic carbocycles. The van der Waals surface area contributed by atoms with Gasteiger partial charge in [0.2, 0.25) is 0 Å². The normalized spacial score (nSPS) is 10.1. The van der Waals surface area contributed by atoms with Crippen molar-refractivity contribution in [2.45, 2.75) is 0 Å². The maximum Gasteiger partial charge on any atom is 0.335 e. The Hall–Kier alpha value is -1.70. The van der Waals surface area contributed by atoms with Crippen molar-refractivity contribution in [3.63, 3.8) is 0 Å². The van der Waals surface area contributed by atoms with Gasteiger partial charge in [-0.2, -0.15) is 0 Å². The Morgan fingerprint density at radius 3 is 2.78 bits per heavy atom. The second kappa shape index (κ2) is 5.30. The summed E-state index contributed by atoms with van der Waals surface area (Å²) in [5.74, 6) is -0.939. The van der Waals surface area contributed by atoms with E-state index in [-0.39, 0.29) is 11.4 Å². The molecule has 1 aromatic heterocycles. The Bertz CT molecular complexity index is 604. The van der Waals surface area contributed by atoms with E-state index in [0.717, 1.165) is 0 Å². The fraction of sp³-hybridized carbons (Fsp3) is 0. The van der Waals surface area contributed by atoms with E-state index < -0.39 is 5.97 Å². The minimum atomic E-state index is -1.02. The largest absolute Gasteiger partial charge is 0.478 e. The van der Waals surface area contributed by atoms with E-state index in [9.17, 15) is 9.18 Å². The molecule has 4 nitrogen and oxygen atoms in total. The smallest absolute Gasteiger partial charge is 0.335 e. The molecule has 0 saturated carbocycles. The van der Waals surface area contributed by atoms with Crippen molar-refractivity contribution in [1.82, 2.24) is 4.98 Å². The predicted octanol–water partition coefficient (Wildman–Crippen LogP) is 3.27. The number of halogens is 2. The first-order chi connectivity index (χ1) is 8.56. The lowest BCUT2D eigenvalue weighted by atomic mass is 10.2. The summed E-state index contributed by atoms with van der Waals surface area (Å²) < 4.78 is 13.6. The van der Waals surface area contributed by atoms with Crippen LogP contribution in [0.1, 0.15) is 10.4 Å². The van der Waals surface area contributed by atoms with Gasteiger partial charge in [0.05, 0.1) is 11.3 Å². The third-order valence-electron chi connectivity index (χ3n) is 2.20. The van der Waals surface area contributed by atoms with E-state index in [1.165, 1.54) is 30.5 Å². The van der Waals surface area contributed by atoms with E-state index in [1.54, 1.807) is 6.07 Å². The molecule has 1 heterocycles. The highest BCUT2D eigenvalue weighted by molar-refractivity contribution is 14.1. The van der Waals surface area contributed by atoms with Crippen molar-refractivity contribution in [3.8, 4) is 0 Å². The molecule has 0 unspecified atom stereocenters. The lowest BCUT2D eigenvalue weighted by Gasteiger charge is -2.08. The van der Waals surface area contributed by atoms with Crippen molar-refractivity contribution in [2.75, 3.05) is 5.32 Å². The van der Waals surface area contributed by atoms with Gasteiger partial charge in [0.25, 0.3) is 0 Å². The standard InChI is InChI=1S/C12H8FIN2O2/c13-8-1-2-10(9(14)6-8)16-11-5-7(12(17)18)3-4-15-11/h1-6H,(H,15,16)(H,17,18). The highest BCUT2D eigenvalue weighted by Crippen LogP contribution is 2.22. The summed E-state index contributed by atoms with van der Waals surface area (Å²) in [5.41, 5.74) is 0.816. The van der Waals surface area contributed by atoms with Crippen molar-refractivity contribution >= 4 is 40.1 Å². The maximum atomic E-state index is 12.9. The molecular weight excluding hydrogens is 350 g/mol. The summed E-state index contributed by atoms with van der Waals surface area (Å²) in [6.07, 6.45) is 1.40. The van der Waals surface area contributed by atoms with Crippen LogP contribution in [0, 0.1) is 9.39 Å². The molecule has 2 rings (SSSR count). The molecule has 0 spiro atoms. The monoisotopic (exact) mass is 358 g/mol. The number of pyridine rings is 1. The van der Waals surface area contributed by atoms with Gasteiger partial charge < -0.3 is 10.4 Å². The number of benzene rings is 1. The topological polar surface area (TPSA) is 62.2 Å². The highest BCUT2D eigenvalue weighted by Gasteiger charge is 2.06. The SMILES string of the molecule is O=C(O)c1ccnc(Nc2ccc(F)cc2I)c1. The van der Waals surface area contributed by atoms with Crippen LogP contribution in [-0.4, -0.2) is 16.1 Å². The molecule has 0 aliphatic heterocycles. The van der Waals surface area contributed by atoms with E-state index >= 15 is 0 Å². The number of aromatic carboxylic acids is 1. The molecule has 18 heavy (non-hydrogen) atoms. The molecule has 0 amide bonds. The van der Waals surface area contributed by atoms with Gasteiger partial charge in [-0.3, -0.25) is 0 Å². The Labute approximate surface area is 116 Å². The first-order valence-corrected chi connectivity index (χ1v) is 6.05. The van der Waals surface area contributed by atoms with E-state index in [0.29, 0.717) is 15.1 Å². The molecule has 2 aromatic rings. The average molecular weight is 358 g/mol. The Morgan fingerprint density at radius 1 is 1.33 bits per heavy atom. The minimum absolute atomic E-state index is 0.143. The van der Waals surface area contributed by atoms with Crippen molar-refractivity contribution in [2.24, 2.45) is 0 Å². The number of aromatic nitrogens is 1. The van der Waals surface area contributed by atoms with E-state index in [1.807, 2.05) is 22.6 Å². The fourth-order valence-electron chi connectivity index (χ4n) is 1.36. The number of carboxylic acids is 1. The molecule has 0 aliphatic rings. The number of carbonyl (C=O) groups is 1. The van der Waals surface area contributed by atoms with Crippen LogP contribution in [0.5, 0.6) is 0 Å². The van der Waals surface area contributed by atoms with Gasteiger partial charge in [-0.05, 0) is 52.9 Å². The summed E-state index contributed by atoms with van der Waals surface area (Å²) in [4.78, 5) is 14.8. The second-order valence-electron chi connectivity index (χ2n) is 3.48. The fourth-order valence-corrected chi connectivity index (χ4v) is 1.97. The van der Waals surface area contributed by atoms with Crippen LogP contribution in [-0.2, 0) is 0 Å². The van der Waals surface area contributed by atoms with Crippen molar-refractivity contribution in [3.05, 3.63) is 51.5 Å². The maximum absolute atomic E-state index is 12.9. The first-order valence-electron chi connectivity index (χ1n) is 4.97. The van der Waals surface area contributed by atoms with Gasteiger partial charge in [-0.15, -0.1) is 0 Å². The number of hydrogen-bond acceptors (Lipinski definition) is 3. The molecule has 0 bridgehead atoms. The average Bonchev–Trinajstić information content (AvgIpc) is 2.33. The van der Waals surface area contributed by atoms with Crippen molar-refractivity contribution in [1.29, 1.82) is 0 Å². The number of carboxylic acid groups (broad SMARTS) is 1. The van der Waals surface area contributed by atoms with Crippen LogP contribution < -0.4 is 5.32 Å². The number of anilines is 2. The van der Waals surface area contributed by atoms with E-state index in [4.69, 9.17) is 5.11 Å². The number of nitrogens with one attached hydrogen (secondary N) is 1. The summed E-state index contributed by atoms with van der Waals surface area (Å²) in [6.45, 7) is 0. The molecule has 0 atom stereocenters. The minimum Gasteiger partial charge on any atom is -0.478 e. The summed E-state index contributed by atoms with van der Waals surface area (Å²) in [7, 11) is 0.